The number of aliphatic hydroxyl groups excluding tert-OH is 1. The third kappa shape index (κ3) is 3.58. The van der Waals surface area contributed by atoms with Crippen molar-refractivity contribution in [2.24, 2.45) is 5.73 Å². The number of hydrogen-bond donors (Lipinski definition) is 3. The van der Waals surface area contributed by atoms with Crippen molar-refractivity contribution in [2.45, 2.75) is 20.3 Å². The highest BCUT2D eigenvalue weighted by Gasteiger charge is 2.16. The maximum atomic E-state index is 11.1. The zero-order chi connectivity index (χ0) is 15.1. The number of nitrogens with two attached hydrogens (primary N) is 1. The highest BCUT2D eigenvalue weighted by atomic mass is 16.3. The molecule has 108 valence electrons. The summed E-state index contributed by atoms with van der Waals surface area (Å²) in [6.45, 7) is 7.34. The molecule has 2 amide bonds. The number of hydrogen-bond acceptors (Lipinski definition) is 3. The molecular weight excluding hydrogens is 256 g/mol. The molecule has 0 saturated heterocycles. The van der Waals surface area contributed by atoms with Crippen LogP contribution in [0.2, 0.25) is 0 Å². The number of allylic oxidation sites excluding steroid dienone is 5. The molecule has 0 saturated carbocycles. The first-order chi connectivity index (χ1) is 9.54. The van der Waals surface area contributed by atoms with Gasteiger partial charge >= 0.3 is 6.03 Å². The molecule has 0 spiro atoms. The zero-order valence-corrected chi connectivity index (χ0v) is 11.8. The minimum atomic E-state index is -0.664. The molecule has 0 unspecified atom stereocenters. The predicted octanol–water partition coefficient (Wildman–Crippen LogP) is 1.82. The lowest BCUT2D eigenvalue weighted by molar-refractivity contribution is 0.259. The van der Waals surface area contributed by atoms with Gasteiger partial charge in [0.1, 0.15) is 5.82 Å². The van der Waals surface area contributed by atoms with Crippen molar-refractivity contribution in [3.8, 4) is 0 Å². The highest BCUT2D eigenvalue weighted by molar-refractivity contribution is 5.88. The average Bonchev–Trinajstić information content (AvgIpc) is 2.67. The Bertz CT molecular complexity index is 556. The van der Waals surface area contributed by atoms with E-state index in [0.717, 1.165) is 11.3 Å². The number of nitrogens with zero attached hydrogens (tertiary/aromatic N) is 2. The van der Waals surface area contributed by atoms with Gasteiger partial charge in [-0.05, 0) is 26.0 Å². The third-order valence-corrected chi connectivity index (χ3v) is 2.68. The summed E-state index contributed by atoms with van der Waals surface area (Å²) < 4.78 is 1.58. The van der Waals surface area contributed by atoms with Crippen LogP contribution in [0, 0.1) is 6.92 Å². The Labute approximate surface area is 118 Å². The van der Waals surface area contributed by atoms with Crippen LogP contribution in [0.3, 0.4) is 0 Å². The Balaban J connectivity index is 3.41. The number of carbonyl (C=O) groups excluding carboxylic acids is 1. The summed E-state index contributed by atoms with van der Waals surface area (Å²) in [5, 5.41) is 16.0. The first-order valence-corrected chi connectivity index (χ1v) is 6.26. The van der Waals surface area contributed by atoms with Gasteiger partial charge in [-0.15, -0.1) is 0 Å². The van der Waals surface area contributed by atoms with Crippen LogP contribution in [0.5, 0.6) is 0 Å². The van der Waals surface area contributed by atoms with Gasteiger partial charge in [0.2, 0.25) is 0 Å². The summed E-state index contributed by atoms with van der Waals surface area (Å²) in [6.07, 6.45) is 7.49. The smallest absolute Gasteiger partial charge is 0.317 e. The Morgan fingerprint density at radius 1 is 1.60 bits per heavy atom. The minimum absolute atomic E-state index is 0.0159. The summed E-state index contributed by atoms with van der Waals surface area (Å²) >= 11 is 0. The molecule has 0 aromatic carbocycles. The van der Waals surface area contributed by atoms with Gasteiger partial charge in [-0.3, -0.25) is 5.32 Å². The maximum Gasteiger partial charge on any atom is 0.317 e. The monoisotopic (exact) mass is 276 g/mol. The second-order valence-electron chi connectivity index (χ2n) is 4.12. The average molecular weight is 276 g/mol. The summed E-state index contributed by atoms with van der Waals surface area (Å²) in [4.78, 5) is 11.1. The molecule has 0 aliphatic carbocycles. The molecule has 0 atom stereocenters. The van der Waals surface area contributed by atoms with Crippen molar-refractivity contribution < 1.29 is 9.90 Å². The van der Waals surface area contributed by atoms with Crippen LogP contribution >= 0.6 is 0 Å². The van der Waals surface area contributed by atoms with Gasteiger partial charge in [0, 0.05) is 18.6 Å². The van der Waals surface area contributed by atoms with Gasteiger partial charge in [0.25, 0.3) is 0 Å². The molecule has 1 aromatic heterocycles. The normalized spacial score (nSPS) is 11.8. The van der Waals surface area contributed by atoms with Crippen molar-refractivity contribution in [3.63, 3.8) is 0 Å². The summed E-state index contributed by atoms with van der Waals surface area (Å²) in [5.41, 5.74) is 7.41. The van der Waals surface area contributed by atoms with Gasteiger partial charge in [0.15, 0.2) is 0 Å². The molecule has 0 fully saturated rings. The molecular formula is C14H20N4O2. The fourth-order valence-electron chi connectivity index (χ4n) is 1.82. The molecule has 6 heteroatoms. The summed E-state index contributed by atoms with van der Waals surface area (Å²) in [6, 6.07) is -0.664. The van der Waals surface area contributed by atoms with Crippen LogP contribution in [0.1, 0.15) is 18.2 Å². The lowest BCUT2D eigenvalue weighted by atomic mass is 10.2. The summed E-state index contributed by atoms with van der Waals surface area (Å²) in [5.74, 6) is 0.493. The number of primary amides is 1. The highest BCUT2D eigenvalue weighted by Crippen LogP contribution is 2.23. The van der Waals surface area contributed by atoms with Crippen LogP contribution < -0.4 is 11.1 Å². The van der Waals surface area contributed by atoms with Crippen molar-refractivity contribution in [1.82, 2.24) is 9.78 Å². The van der Waals surface area contributed by atoms with Crippen molar-refractivity contribution in [1.29, 1.82) is 0 Å². The van der Waals surface area contributed by atoms with Crippen LogP contribution in [0.4, 0.5) is 10.6 Å². The first kappa shape index (κ1) is 15.7. The minimum Gasteiger partial charge on any atom is -0.396 e. The van der Waals surface area contributed by atoms with E-state index in [-0.39, 0.29) is 6.61 Å². The second kappa shape index (κ2) is 7.30. The second-order valence-corrected chi connectivity index (χ2v) is 4.12. The van der Waals surface area contributed by atoms with Gasteiger partial charge in [-0.1, -0.05) is 18.7 Å². The Hall–Kier alpha value is -2.34. The molecule has 0 radical (unpaired) electrons. The first-order valence-electron chi connectivity index (χ1n) is 6.26. The summed E-state index contributed by atoms with van der Waals surface area (Å²) in [7, 11) is 0. The number of urea groups is 1. The Morgan fingerprint density at radius 2 is 2.30 bits per heavy atom. The quantitative estimate of drug-likeness (QED) is 0.692. The molecule has 1 aromatic rings. The molecule has 0 bridgehead atoms. The molecule has 0 aliphatic rings. The number of amides is 2. The van der Waals surface area contributed by atoms with Gasteiger partial charge in [-0.25, -0.2) is 9.48 Å². The standard InChI is InChI=1S/C14H20N4O2/c1-4-6-11(7-5-2)18-13(16-14(15)20)10(3)12(17-18)8-9-19/h4-7,19H,1,8-9H2,2-3H3,(H3,15,16,20)/b7-5-,11-6+. The zero-order valence-electron chi connectivity index (χ0n) is 11.8. The molecule has 6 nitrogen and oxygen atoms in total. The molecule has 1 heterocycles. The lowest BCUT2D eigenvalue weighted by Gasteiger charge is -2.08. The van der Waals surface area contributed by atoms with Crippen LogP contribution in [-0.2, 0) is 6.42 Å². The molecule has 1 rings (SSSR count). The third-order valence-electron chi connectivity index (χ3n) is 2.68. The lowest BCUT2D eigenvalue weighted by Crippen LogP contribution is -2.22. The van der Waals surface area contributed by atoms with Crippen molar-refractivity contribution in [2.75, 3.05) is 11.9 Å². The van der Waals surface area contributed by atoms with Crippen molar-refractivity contribution >= 4 is 17.5 Å². The number of anilines is 1. The van der Waals surface area contributed by atoms with E-state index in [4.69, 9.17) is 10.8 Å². The van der Waals surface area contributed by atoms with E-state index in [9.17, 15) is 4.79 Å². The fourth-order valence-corrected chi connectivity index (χ4v) is 1.82. The van der Waals surface area contributed by atoms with Crippen molar-refractivity contribution in [3.05, 3.63) is 42.1 Å². The van der Waals surface area contributed by atoms with E-state index in [1.807, 2.05) is 26.0 Å². The molecule has 4 N–H and O–H groups in total. The number of carbonyl (C=O) groups is 1. The Morgan fingerprint density at radius 3 is 2.80 bits per heavy atom. The number of aromatic nitrogens is 2. The molecule has 20 heavy (non-hydrogen) atoms. The fraction of sp³-hybridized carbons (Fsp3) is 0.286. The molecule has 0 aliphatic heterocycles. The van der Waals surface area contributed by atoms with Crippen LogP contribution in [0.15, 0.2) is 30.9 Å². The maximum absolute atomic E-state index is 11.1. The predicted molar refractivity (Wildman–Crippen MR) is 80.2 cm³/mol. The van der Waals surface area contributed by atoms with E-state index < -0.39 is 6.03 Å². The Kier molecular flexibility index (Phi) is 5.74. The van der Waals surface area contributed by atoms with E-state index in [2.05, 4.69) is 17.0 Å². The number of aliphatic hydroxyl groups is 1. The van der Waals surface area contributed by atoms with E-state index in [0.29, 0.717) is 17.9 Å². The number of rotatable bonds is 6. The van der Waals surface area contributed by atoms with Gasteiger partial charge in [-0.2, -0.15) is 5.10 Å². The van der Waals surface area contributed by atoms with E-state index >= 15 is 0 Å². The number of nitrogens with one attached hydrogen (secondary N) is 1. The van der Waals surface area contributed by atoms with Gasteiger partial charge < -0.3 is 10.8 Å². The topological polar surface area (TPSA) is 93.2 Å². The largest absolute Gasteiger partial charge is 0.396 e. The van der Waals surface area contributed by atoms with Gasteiger partial charge in [0.05, 0.1) is 11.4 Å². The van der Waals surface area contributed by atoms with Crippen LogP contribution in [-0.4, -0.2) is 27.5 Å². The van der Waals surface area contributed by atoms with Crippen LogP contribution in [0.25, 0.3) is 5.70 Å². The van der Waals surface area contributed by atoms with E-state index in [1.54, 1.807) is 16.8 Å². The SMILES string of the molecule is C=C/C=C(\C=C/C)n1nc(CCO)c(C)c1NC(N)=O. The van der Waals surface area contributed by atoms with E-state index in [1.165, 1.54) is 0 Å².